The molecule has 0 aromatic heterocycles. The number of anilines is 1. The second-order valence-corrected chi connectivity index (χ2v) is 3.89. The number of ether oxygens (including phenoxy) is 1. The fourth-order valence-electron chi connectivity index (χ4n) is 1.50. The maximum atomic E-state index is 10.6. The summed E-state index contributed by atoms with van der Waals surface area (Å²) >= 11 is 0. The molecule has 0 spiro atoms. The highest BCUT2D eigenvalue weighted by Crippen LogP contribution is 2.29. The monoisotopic (exact) mass is 244 g/mol. The van der Waals surface area contributed by atoms with Gasteiger partial charge in [-0.2, -0.15) is 0 Å². The van der Waals surface area contributed by atoms with E-state index in [1.165, 1.54) is 18.2 Å². The molecule has 0 amide bonds. The van der Waals surface area contributed by atoms with Crippen molar-refractivity contribution >= 4 is 11.4 Å². The molecule has 0 bridgehead atoms. The molecule has 2 aromatic rings. The minimum absolute atomic E-state index is 0.0876. The van der Waals surface area contributed by atoms with E-state index in [1.807, 2.05) is 31.2 Å². The highest BCUT2D eigenvalue weighted by atomic mass is 16.6. The van der Waals surface area contributed by atoms with Gasteiger partial charge in [-0.05, 0) is 25.1 Å². The number of hydrogen-bond donors (Lipinski definition) is 1. The summed E-state index contributed by atoms with van der Waals surface area (Å²) in [6.45, 7) is 1.98. The molecule has 92 valence electrons. The third-order valence-corrected chi connectivity index (χ3v) is 2.45. The Morgan fingerprint density at radius 2 is 1.72 bits per heavy atom. The van der Waals surface area contributed by atoms with Gasteiger partial charge in [0.15, 0.2) is 0 Å². The van der Waals surface area contributed by atoms with Crippen LogP contribution >= 0.6 is 0 Å². The van der Waals surface area contributed by atoms with E-state index in [0.29, 0.717) is 11.5 Å². The molecule has 0 aliphatic heterocycles. The second kappa shape index (κ2) is 4.75. The Balaban J connectivity index is 2.22. The topological polar surface area (TPSA) is 78.4 Å². The van der Waals surface area contributed by atoms with Gasteiger partial charge in [-0.15, -0.1) is 0 Å². The smallest absolute Gasteiger partial charge is 0.292 e. The van der Waals surface area contributed by atoms with E-state index < -0.39 is 4.92 Å². The number of benzene rings is 2. The van der Waals surface area contributed by atoms with Gasteiger partial charge in [0, 0.05) is 12.1 Å². The summed E-state index contributed by atoms with van der Waals surface area (Å²) < 4.78 is 5.55. The third kappa shape index (κ3) is 2.57. The average Bonchev–Trinajstić information content (AvgIpc) is 2.32. The summed E-state index contributed by atoms with van der Waals surface area (Å²) in [5.74, 6) is 1.14. The predicted octanol–water partition coefficient (Wildman–Crippen LogP) is 3.28. The lowest BCUT2D eigenvalue weighted by Gasteiger charge is -2.06. The summed E-state index contributed by atoms with van der Waals surface area (Å²) in [5, 5.41) is 10.6. The van der Waals surface area contributed by atoms with E-state index in [9.17, 15) is 10.1 Å². The Labute approximate surface area is 104 Å². The van der Waals surface area contributed by atoms with Crippen molar-refractivity contribution in [1.29, 1.82) is 0 Å². The molecule has 18 heavy (non-hydrogen) atoms. The molecule has 0 aliphatic carbocycles. The van der Waals surface area contributed by atoms with Crippen LogP contribution in [0.25, 0.3) is 0 Å². The van der Waals surface area contributed by atoms with Gasteiger partial charge in [-0.3, -0.25) is 10.1 Å². The molecule has 0 fully saturated rings. The molecule has 0 unspecified atom stereocenters. The minimum Gasteiger partial charge on any atom is -0.457 e. The van der Waals surface area contributed by atoms with E-state index in [2.05, 4.69) is 0 Å². The van der Waals surface area contributed by atoms with Crippen LogP contribution < -0.4 is 10.5 Å². The molecular formula is C13H12N2O3. The van der Waals surface area contributed by atoms with Crippen LogP contribution in [0.1, 0.15) is 5.56 Å². The van der Waals surface area contributed by atoms with E-state index in [4.69, 9.17) is 10.5 Å². The fraction of sp³-hybridized carbons (Fsp3) is 0.0769. The highest BCUT2D eigenvalue weighted by Gasteiger charge is 2.11. The number of nitro groups is 1. The Hall–Kier alpha value is -2.56. The maximum absolute atomic E-state index is 10.6. The van der Waals surface area contributed by atoms with Crippen molar-refractivity contribution in [3.63, 3.8) is 0 Å². The zero-order valence-electron chi connectivity index (χ0n) is 9.79. The van der Waals surface area contributed by atoms with Gasteiger partial charge in [0.05, 0.1) is 4.92 Å². The molecule has 2 N–H and O–H groups in total. The molecule has 2 rings (SSSR count). The number of nitrogen functional groups attached to an aromatic ring is 1. The average molecular weight is 244 g/mol. The van der Waals surface area contributed by atoms with Crippen molar-refractivity contribution in [3.05, 3.63) is 58.1 Å². The van der Waals surface area contributed by atoms with Crippen LogP contribution in [0.2, 0.25) is 0 Å². The second-order valence-electron chi connectivity index (χ2n) is 3.89. The van der Waals surface area contributed by atoms with Gasteiger partial charge in [-0.25, -0.2) is 0 Å². The van der Waals surface area contributed by atoms with Crippen molar-refractivity contribution in [2.75, 3.05) is 5.73 Å². The molecule has 5 heteroatoms. The van der Waals surface area contributed by atoms with Crippen LogP contribution in [0.5, 0.6) is 11.5 Å². The van der Waals surface area contributed by atoms with Crippen molar-refractivity contribution in [2.24, 2.45) is 0 Å². The number of nitro benzene ring substituents is 1. The van der Waals surface area contributed by atoms with Crippen molar-refractivity contribution in [2.45, 2.75) is 6.92 Å². The predicted molar refractivity (Wildman–Crippen MR) is 68.8 cm³/mol. The van der Waals surface area contributed by atoms with Crippen LogP contribution in [0.4, 0.5) is 11.4 Å². The quantitative estimate of drug-likeness (QED) is 0.510. The number of nitrogens with zero attached hydrogens (tertiary/aromatic N) is 1. The minimum atomic E-state index is -0.523. The molecule has 0 heterocycles. The molecule has 2 aromatic carbocycles. The largest absolute Gasteiger partial charge is 0.457 e. The molecule has 0 saturated heterocycles. The normalized spacial score (nSPS) is 10.1. The Morgan fingerprint density at radius 1 is 1.11 bits per heavy atom. The number of hydrogen-bond acceptors (Lipinski definition) is 4. The Morgan fingerprint density at radius 3 is 2.28 bits per heavy atom. The summed E-state index contributed by atoms with van der Waals surface area (Å²) in [5.41, 5.74) is 6.68. The van der Waals surface area contributed by atoms with Gasteiger partial charge in [0.2, 0.25) is 0 Å². The van der Waals surface area contributed by atoms with E-state index in [1.54, 1.807) is 0 Å². The highest BCUT2D eigenvalue weighted by molar-refractivity contribution is 5.61. The van der Waals surface area contributed by atoms with Crippen LogP contribution in [-0.2, 0) is 0 Å². The maximum Gasteiger partial charge on any atom is 0.292 e. The van der Waals surface area contributed by atoms with Crippen LogP contribution in [0.3, 0.4) is 0 Å². The van der Waals surface area contributed by atoms with Crippen molar-refractivity contribution in [1.82, 2.24) is 0 Å². The first kappa shape index (κ1) is 11.9. The van der Waals surface area contributed by atoms with Gasteiger partial charge in [-0.1, -0.05) is 17.7 Å². The molecule has 0 radical (unpaired) electrons. The molecule has 0 aliphatic rings. The summed E-state index contributed by atoms with van der Waals surface area (Å²) in [6, 6.07) is 11.8. The Bertz CT molecular complexity index is 579. The van der Waals surface area contributed by atoms with Crippen LogP contribution in [-0.4, -0.2) is 4.92 Å². The van der Waals surface area contributed by atoms with Crippen molar-refractivity contribution < 1.29 is 9.66 Å². The first-order valence-electron chi connectivity index (χ1n) is 5.35. The number of rotatable bonds is 3. The molecular weight excluding hydrogens is 232 g/mol. The van der Waals surface area contributed by atoms with E-state index in [0.717, 1.165) is 5.56 Å². The lowest BCUT2D eigenvalue weighted by Crippen LogP contribution is -1.95. The molecule has 5 nitrogen and oxygen atoms in total. The van der Waals surface area contributed by atoms with Crippen molar-refractivity contribution in [3.8, 4) is 11.5 Å². The lowest BCUT2D eigenvalue weighted by atomic mass is 10.2. The Kier molecular flexibility index (Phi) is 3.14. The summed E-state index contributed by atoms with van der Waals surface area (Å²) in [4.78, 5) is 10.1. The van der Waals surface area contributed by atoms with Gasteiger partial charge < -0.3 is 10.5 Å². The SMILES string of the molecule is Cc1ccc(Oc2ccc([N+](=O)[O-])c(N)c2)cc1. The fourth-order valence-corrected chi connectivity index (χ4v) is 1.50. The number of nitrogens with two attached hydrogens (primary N) is 1. The van der Waals surface area contributed by atoms with Crippen LogP contribution in [0.15, 0.2) is 42.5 Å². The molecule has 0 atom stereocenters. The van der Waals surface area contributed by atoms with Gasteiger partial charge in [0.1, 0.15) is 17.2 Å². The van der Waals surface area contributed by atoms with Crippen LogP contribution in [0, 0.1) is 17.0 Å². The number of aryl methyl sites for hydroxylation is 1. The van der Waals surface area contributed by atoms with E-state index >= 15 is 0 Å². The van der Waals surface area contributed by atoms with Gasteiger partial charge >= 0.3 is 0 Å². The zero-order valence-corrected chi connectivity index (χ0v) is 9.79. The standard InChI is InChI=1S/C13H12N2O3/c1-9-2-4-10(5-3-9)18-11-6-7-13(15(16)17)12(14)8-11/h2-8H,14H2,1H3. The molecule has 0 saturated carbocycles. The lowest BCUT2D eigenvalue weighted by molar-refractivity contribution is -0.383. The first-order valence-corrected chi connectivity index (χ1v) is 5.35. The summed E-state index contributed by atoms with van der Waals surface area (Å²) in [7, 11) is 0. The summed E-state index contributed by atoms with van der Waals surface area (Å²) in [6.07, 6.45) is 0. The first-order chi connectivity index (χ1) is 8.56. The zero-order chi connectivity index (χ0) is 13.1. The third-order valence-electron chi connectivity index (χ3n) is 2.45. The van der Waals surface area contributed by atoms with E-state index in [-0.39, 0.29) is 11.4 Å². The van der Waals surface area contributed by atoms with Gasteiger partial charge in [0.25, 0.3) is 5.69 Å².